The van der Waals surface area contributed by atoms with Gasteiger partial charge in [0.1, 0.15) is 0 Å². The van der Waals surface area contributed by atoms with Crippen LogP contribution in [-0.2, 0) is 0 Å². The number of hydrogen-bond acceptors (Lipinski definition) is 3. The van der Waals surface area contributed by atoms with E-state index >= 15 is 0 Å². The Kier molecular flexibility index (Phi) is 4.07. The molecule has 112 valence electrons. The number of aromatic nitrogens is 1. The summed E-state index contributed by atoms with van der Waals surface area (Å²) in [6.45, 7) is 2.36. The number of hydrogen-bond donors (Lipinski definition) is 1. The third-order valence-corrected chi connectivity index (χ3v) is 5.24. The monoisotopic (exact) mass is 347 g/mol. The van der Waals surface area contributed by atoms with Gasteiger partial charge in [-0.3, -0.25) is 4.98 Å². The van der Waals surface area contributed by atoms with Crippen molar-refractivity contribution in [1.82, 2.24) is 4.98 Å². The van der Waals surface area contributed by atoms with Crippen molar-refractivity contribution in [2.75, 3.05) is 17.7 Å². The molecule has 1 fully saturated rings. The number of halogens is 1. The van der Waals surface area contributed by atoms with Crippen molar-refractivity contribution in [2.24, 2.45) is 5.92 Å². The van der Waals surface area contributed by atoms with Crippen molar-refractivity contribution in [3.8, 4) is 0 Å². The van der Waals surface area contributed by atoms with E-state index in [4.69, 9.17) is 5.73 Å². The summed E-state index contributed by atoms with van der Waals surface area (Å²) in [6.07, 6.45) is 7.00. The highest BCUT2D eigenvalue weighted by atomic mass is 79.9. The predicted octanol–water partition coefficient (Wildman–Crippen LogP) is 4.59. The molecule has 2 N–H and O–H groups in total. The smallest absolute Gasteiger partial charge is 0.0745 e. The van der Waals surface area contributed by atoms with Gasteiger partial charge in [0, 0.05) is 22.9 Å². The summed E-state index contributed by atoms with van der Waals surface area (Å²) in [4.78, 5) is 6.84. The normalized spacial score (nSPS) is 22.4. The fourth-order valence-corrected chi connectivity index (χ4v) is 3.96. The molecule has 1 aromatic heterocycles. The molecular weight excluding hydrogens is 326 g/mol. The van der Waals surface area contributed by atoms with E-state index in [0.29, 0.717) is 12.0 Å². The number of pyridine rings is 1. The first-order valence-corrected chi connectivity index (χ1v) is 8.44. The molecule has 1 aromatic carbocycles. The second-order valence-corrected chi connectivity index (χ2v) is 7.08. The van der Waals surface area contributed by atoms with Gasteiger partial charge in [-0.25, -0.2) is 0 Å². The molecule has 1 saturated carbocycles. The SMILES string of the molecule is CC1CCCCC1N(C)c1c(N)cnc2ccc(Br)cc12. The topological polar surface area (TPSA) is 42.1 Å². The van der Waals surface area contributed by atoms with Crippen LogP contribution in [0.1, 0.15) is 32.6 Å². The summed E-state index contributed by atoms with van der Waals surface area (Å²) >= 11 is 3.56. The number of nitrogens with two attached hydrogens (primary N) is 1. The van der Waals surface area contributed by atoms with E-state index in [9.17, 15) is 0 Å². The summed E-state index contributed by atoms with van der Waals surface area (Å²) in [5.74, 6) is 0.707. The Bertz CT molecular complexity index is 651. The maximum absolute atomic E-state index is 6.27. The molecule has 0 amide bonds. The number of rotatable bonds is 2. The molecule has 0 saturated heterocycles. The lowest BCUT2D eigenvalue weighted by Gasteiger charge is -2.38. The Balaban J connectivity index is 2.09. The van der Waals surface area contributed by atoms with Crippen LogP contribution in [0.2, 0.25) is 0 Å². The fraction of sp³-hybridized carbons (Fsp3) is 0.471. The Morgan fingerprint density at radius 2 is 2.05 bits per heavy atom. The second-order valence-electron chi connectivity index (χ2n) is 6.16. The Labute approximate surface area is 134 Å². The Hall–Kier alpha value is -1.29. The van der Waals surface area contributed by atoms with Crippen LogP contribution in [0.4, 0.5) is 11.4 Å². The molecule has 1 aliphatic carbocycles. The van der Waals surface area contributed by atoms with Gasteiger partial charge in [0.05, 0.1) is 23.1 Å². The van der Waals surface area contributed by atoms with E-state index < -0.39 is 0 Å². The van der Waals surface area contributed by atoms with Gasteiger partial charge in [-0.2, -0.15) is 0 Å². The molecule has 4 heteroatoms. The molecule has 0 aliphatic heterocycles. The zero-order valence-electron chi connectivity index (χ0n) is 12.6. The van der Waals surface area contributed by atoms with Gasteiger partial charge >= 0.3 is 0 Å². The van der Waals surface area contributed by atoms with E-state index in [-0.39, 0.29) is 0 Å². The van der Waals surface area contributed by atoms with Crippen LogP contribution in [0.25, 0.3) is 10.9 Å². The fourth-order valence-electron chi connectivity index (χ4n) is 3.60. The average molecular weight is 348 g/mol. The first-order valence-electron chi connectivity index (χ1n) is 7.64. The molecule has 2 unspecified atom stereocenters. The summed E-state index contributed by atoms with van der Waals surface area (Å²) < 4.78 is 1.06. The van der Waals surface area contributed by atoms with Crippen LogP contribution < -0.4 is 10.6 Å². The number of fused-ring (bicyclic) bond motifs is 1. The standard InChI is InChI=1S/C17H22BrN3/c1-11-5-3-4-6-16(11)21(2)17-13-9-12(18)7-8-15(13)20-10-14(17)19/h7-11,16H,3-6,19H2,1-2H3. The third-order valence-electron chi connectivity index (χ3n) is 4.75. The minimum absolute atomic E-state index is 0.561. The molecule has 0 bridgehead atoms. The molecule has 1 aliphatic rings. The van der Waals surface area contributed by atoms with E-state index in [1.165, 1.54) is 25.7 Å². The highest BCUT2D eigenvalue weighted by Gasteiger charge is 2.27. The van der Waals surface area contributed by atoms with Crippen molar-refractivity contribution in [3.05, 3.63) is 28.9 Å². The minimum atomic E-state index is 0.561. The van der Waals surface area contributed by atoms with Gasteiger partial charge < -0.3 is 10.6 Å². The lowest BCUT2D eigenvalue weighted by molar-refractivity contribution is 0.322. The summed E-state index contributed by atoms with van der Waals surface area (Å²) in [5, 5.41) is 1.13. The highest BCUT2D eigenvalue weighted by Crippen LogP contribution is 2.37. The maximum atomic E-state index is 6.27. The second kappa shape index (κ2) is 5.84. The largest absolute Gasteiger partial charge is 0.396 e. The maximum Gasteiger partial charge on any atom is 0.0745 e. The van der Waals surface area contributed by atoms with E-state index in [1.54, 1.807) is 6.20 Å². The van der Waals surface area contributed by atoms with Gasteiger partial charge in [-0.05, 0) is 37.0 Å². The molecule has 0 spiro atoms. The Morgan fingerprint density at radius 1 is 1.29 bits per heavy atom. The highest BCUT2D eigenvalue weighted by molar-refractivity contribution is 9.10. The van der Waals surface area contributed by atoms with Gasteiger partial charge in [-0.15, -0.1) is 0 Å². The Morgan fingerprint density at radius 3 is 2.81 bits per heavy atom. The van der Waals surface area contributed by atoms with Crippen LogP contribution in [-0.4, -0.2) is 18.1 Å². The van der Waals surface area contributed by atoms with Crippen LogP contribution >= 0.6 is 15.9 Å². The quantitative estimate of drug-likeness (QED) is 0.863. The lowest BCUT2D eigenvalue weighted by Crippen LogP contribution is -2.39. The van der Waals surface area contributed by atoms with Gasteiger partial charge in [0.25, 0.3) is 0 Å². The molecule has 2 atom stereocenters. The average Bonchev–Trinajstić information content (AvgIpc) is 2.47. The molecule has 0 radical (unpaired) electrons. The zero-order chi connectivity index (χ0) is 15.0. The molecule has 3 rings (SSSR count). The van der Waals surface area contributed by atoms with Crippen molar-refractivity contribution >= 4 is 38.2 Å². The van der Waals surface area contributed by atoms with Gasteiger partial charge in [-0.1, -0.05) is 35.7 Å². The van der Waals surface area contributed by atoms with Crippen molar-refractivity contribution in [2.45, 2.75) is 38.6 Å². The summed E-state index contributed by atoms with van der Waals surface area (Å²) in [6, 6.07) is 6.75. The molecule has 21 heavy (non-hydrogen) atoms. The van der Waals surface area contributed by atoms with E-state index in [2.05, 4.69) is 45.9 Å². The van der Waals surface area contributed by atoms with Crippen LogP contribution in [0.5, 0.6) is 0 Å². The number of nitrogens with zero attached hydrogens (tertiary/aromatic N) is 2. The van der Waals surface area contributed by atoms with E-state index in [1.807, 2.05) is 12.1 Å². The van der Waals surface area contributed by atoms with E-state index in [0.717, 1.165) is 26.8 Å². The molecular formula is C17H22BrN3. The first-order chi connectivity index (χ1) is 10.1. The van der Waals surface area contributed by atoms with Crippen LogP contribution in [0, 0.1) is 5.92 Å². The van der Waals surface area contributed by atoms with Crippen LogP contribution in [0.15, 0.2) is 28.9 Å². The molecule has 1 heterocycles. The minimum Gasteiger partial charge on any atom is -0.396 e. The lowest BCUT2D eigenvalue weighted by atomic mass is 9.84. The van der Waals surface area contributed by atoms with Gasteiger partial charge in [0.2, 0.25) is 0 Å². The number of benzene rings is 1. The number of nitrogen functional groups attached to an aromatic ring is 1. The van der Waals surface area contributed by atoms with Crippen molar-refractivity contribution in [1.29, 1.82) is 0 Å². The van der Waals surface area contributed by atoms with Crippen LogP contribution in [0.3, 0.4) is 0 Å². The molecule has 3 nitrogen and oxygen atoms in total. The summed E-state index contributed by atoms with van der Waals surface area (Å²) in [7, 11) is 2.18. The zero-order valence-corrected chi connectivity index (χ0v) is 14.2. The molecule has 2 aromatic rings. The predicted molar refractivity (Wildman–Crippen MR) is 93.7 cm³/mol. The number of anilines is 2. The first kappa shape index (κ1) is 14.6. The third kappa shape index (κ3) is 2.73. The van der Waals surface area contributed by atoms with Gasteiger partial charge in [0.15, 0.2) is 0 Å². The van der Waals surface area contributed by atoms with Crippen molar-refractivity contribution < 1.29 is 0 Å². The van der Waals surface area contributed by atoms with Crippen molar-refractivity contribution in [3.63, 3.8) is 0 Å². The summed E-state index contributed by atoms with van der Waals surface area (Å²) in [5.41, 5.74) is 9.16.